The Morgan fingerprint density at radius 3 is 3.05 bits per heavy atom. The van der Waals surface area contributed by atoms with Crippen LogP contribution in [0.4, 0.5) is 0 Å². The van der Waals surface area contributed by atoms with Crippen LogP contribution >= 0.6 is 38.9 Å². The molecule has 0 N–H and O–H groups in total. The monoisotopic (exact) mass is 355 g/mol. The van der Waals surface area contributed by atoms with Gasteiger partial charge in [-0.25, -0.2) is 9.97 Å². The smallest absolute Gasteiger partial charge is 0.160 e. The van der Waals surface area contributed by atoms with Gasteiger partial charge in [-0.3, -0.25) is 0 Å². The summed E-state index contributed by atoms with van der Waals surface area (Å²) in [5.74, 6) is 1.23. The van der Waals surface area contributed by atoms with Crippen molar-refractivity contribution in [2.75, 3.05) is 0 Å². The molecule has 98 valence electrons. The van der Waals surface area contributed by atoms with Gasteiger partial charge in [0.15, 0.2) is 5.65 Å². The third kappa shape index (κ3) is 2.30. The van der Waals surface area contributed by atoms with E-state index in [0.29, 0.717) is 5.88 Å². The SMILES string of the molecule is CC(c1ccsc1)n1c(CCl)nc2cc(Br)cnc21. The Morgan fingerprint density at radius 2 is 2.37 bits per heavy atom. The molecule has 1 unspecified atom stereocenters. The number of hydrogen-bond acceptors (Lipinski definition) is 3. The molecule has 3 rings (SSSR count). The van der Waals surface area contributed by atoms with E-state index in [-0.39, 0.29) is 6.04 Å². The summed E-state index contributed by atoms with van der Waals surface area (Å²) in [6.45, 7) is 2.14. The molecule has 0 amide bonds. The lowest BCUT2D eigenvalue weighted by Gasteiger charge is -2.15. The zero-order valence-electron chi connectivity index (χ0n) is 10.2. The summed E-state index contributed by atoms with van der Waals surface area (Å²) in [5.41, 5.74) is 2.99. The first-order chi connectivity index (χ1) is 9.20. The predicted molar refractivity (Wildman–Crippen MR) is 82.9 cm³/mol. The van der Waals surface area contributed by atoms with Crippen molar-refractivity contribution in [3.8, 4) is 0 Å². The van der Waals surface area contributed by atoms with Gasteiger partial charge in [0.2, 0.25) is 0 Å². The average molecular weight is 357 g/mol. The number of fused-ring (bicyclic) bond motifs is 1. The second-order valence-electron chi connectivity index (χ2n) is 4.26. The molecule has 0 aliphatic heterocycles. The highest BCUT2D eigenvalue weighted by Gasteiger charge is 2.18. The zero-order valence-corrected chi connectivity index (χ0v) is 13.3. The standard InChI is InChI=1S/C13H11BrClN3S/c1-8(9-2-3-19-7-9)18-12(5-15)17-11-4-10(14)6-16-13(11)18/h2-4,6-8H,5H2,1H3. The summed E-state index contributed by atoms with van der Waals surface area (Å²) in [4.78, 5) is 9.04. The molecule has 3 aromatic rings. The minimum Gasteiger partial charge on any atom is -0.304 e. The average Bonchev–Trinajstić information content (AvgIpc) is 3.04. The maximum Gasteiger partial charge on any atom is 0.160 e. The molecule has 19 heavy (non-hydrogen) atoms. The molecule has 0 fully saturated rings. The molecule has 1 atom stereocenters. The molecule has 0 spiro atoms. The largest absolute Gasteiger partial charge is 0.304 e. The number of nitrogens with zero attached hydrogens (tertiary/aromatic N) is 3. The normalized spacial score (nSPS) is 13.0. The summed E-state index contributed by atoms with van der Waals surface area (Å²) in [7, 11) is 0. The van der Waals surface area contributed by atoms with Gasteiger partial charge < -0.3 is 4.57 Å². The molecule has 0 aromatic carbocycles. The third-order valence-corrected chi connectivity index (χ3v) is 4.48. The molecule has 0 aliphatic rings. The van der Waals surface area contributed by atoms with Crippen molar-refractivity contribution in [1.29, 1.82) is 0 Å². The van der Waals surface area contributed by atoms with E-state index in [0.717, 1.165) is 21.5 Å². The van der Waals surface area contributed by atoms with Crippen LogP contribution in [0.3, 0.4) is 0 Å². The lowest BCUT2D eigenvalue weighted by atomic mass is 10.2. The van der Waals surface area contributed by atoms with E-state index in [4.69, 9.17) is 11.6 Å². The van der Waals surface area contributed by atoms with E-state index in [9.17, 15) is 0 Å². The summed E-state index contributed by atoms with van der Waals surface area (Å²) in [5, 5.41) is 4.22. The highest BCUT2D eigenvalue weighted by atomic mass is 79.9. The Balaban J connectivity index is 2.21. The Bertz CT molecular complexity index is 708. The highest BCUT2D eigenvalue weighted by Crippen LogP contribution is 2.28. The van der Waals surface area contributed by atoms with Crippen LogP contribution in [-0.2, 0) is 5.88 Å². The van der Waals surface area contributed by atoms with E-state index >= 15 is 0 Å². The maximum absolute atomic E-state index is 6.03. The summed E-state index contributed by atoms with van der Waals surface area (Å²) in [6, 6.07) is 4.27. The number of aromatic nitrogens is 3. The number of pyridine rings is 1. The number of alkyl halides is 1. The van der Waals surface area contributed by atoms with Crippen LogP contribution in [-0.4, -0.2) is 14.5 Å². The van der Waals surface area contributed by atoms with Crippen molar-refractivity contribution in [3.05, 3.63) is 45.0 Å². The minimum absolute atomic E-state index is 0.179. The number of rotatable bonds is 3. The predicted octanol–water partition coefficient (Wildman–Crippen LogP) is 4.60. The van der Waals surface area contributed by atoms with E-state index in [1.807, 2.05) is 6.07 Å². The molecule has 0 saturated carbocycles. The molecule has 3 nitrogen and oxygen atoms in total. The van der Waals surface area contributed by atoms with E-state index < -0.39 is 0 Å². The lowest BCUT2D eigenvalue weighted by Crippen LogP contribution is -2.09. The molecule has 0 bridgehead atoms. The van der Waals surface area contributed by atoms with Gasteiger partial charge in [0, 0.05) is 10.7 Å². The van der Waals surface area contributed by atoms with E-state index in [1.165, 1.54) is 5.56 Å². The summed E-state index contributed by atoms with van der Waals surface area (Å²) in [6.07, 6.45) is 1.79. The van der Waals surface area contributed by atoms with Crippen LogP contribution in [0.1, 0.15) is 24.4 Å². The number of hydrogen-bond donors (Lipinski definition) is 0. The number of thiophene rings is 1. The maximum atomic E-state index is 6.03. The van der Waals surface area contributed by atoms with Crippen molar-refractivity contribution in [2.45, 2.75) is 18.8 Å². The van der Waals surface area contributed by atoms with Crippen LogP contribution in [0.2, 0.25) is 0 Å². The first-order valence-electron chi connectivity index (χ1n) is 5.81. The van der Waals surface area contributed by atoms with Gasteiger partial charge >= 0.3 is 0 Å². The van der Waals surface area contributed by atoms with Crippen molar-refractivity contribution in [3.63, 3.8) is 0 Å². The van der Waals surface area contributed by atoms with Gasteiger partial charge in [-0.2, -0.15) is 11.3 Å². The molecule has 0 aliphatic carbocycles. The quantitative estimate of drug-likeness (QED) is 0.642. The molecule has 3 heterocycles. The Hall–Kier alpha value is -0.910. The minimum atomic E-state index is 0.179. The Kier molecular flexibility index (Phi) is 3.60. The van der Waals surface area contributed by atoms with Crippen molar-refractivity contribution < 1.29 is 0 Å². The first-order valence-corrected chi connectivity index (χ1v) is 8.08. The fraction of sp³-hybridized carbons (Fsp3) is 0.231. The van der Waals surface area contributed by atoms with Gasteiger partial charge in [0.05, 0.1) is 11.9 Å². The van der Waals surface area contributed by atoms with Crippen molar-refractivity contribution >= 4 is 50.0 Å². The highest BCUT2D eigenvalue weighted by molar-refractivity contribution is 9.10. The first kappa shape index (κ1) is 13.1. The molecule has 0 saturated heterocycles. The topological polar surface area (TPSA) is 30.7 Å². The number of halogens is 2. The van der Waals surface area contributed by atoms with Crippen LogP contribution in [0.5, 0.6) is 0 Å². The van der Waals surface area contributed by atoms with Crippen LogP contribution in [0.25, 0.3) is 11.2 Å². The van der Waals surface area contributed by atoms with Crippen LogP contribution in [0.15, 0.2) is 33.6 Å². The molecule has 0 radical (unpaired) electrons. The third-order valence-electron chi connectivity index (χ3n) is 3.10. The van der Waals surface area contributed by atoms with Gasteiger partial charge in [0.25, 0.3) is 0 Å². The van der Waals surface area contributed by atoms with E-state index in [1.54, 1.807) is 17.5 Å². The van der Waals surface area contributed by atoms with Gasteiger partial charge in [0.1, 0.15) is 11.3 Å². The second-order valence-corrected chi connectivity index (χ2v) is 6.22. The van der Waals surface area contributed by atoms with Gasteiger partial charge in [-0.15, -0.1) is 11.6 Å². The number of imidazole rings is 1. The molecule has 3 aromatic heterocycles. The fourth-order valence-electron chi connectivity index (χ4n) is 2.17. The van der Waals surface area contributed by atoms with Crippen LogP contribution in [0, 0.1) is 0 Å². The van der Waals surface area contributed by atoms with Crippen molar-refractivity contribution in [1.82, 2.24) is 14.5 Å². The fourth-order valence-corrected chi connectivity index (χ4v) is 3.42. The molecular formula is C13H11BrClN3S. The van der Waals surface area contributed by atoms with Crippen LogP contribution < -0.4 is 0 Å². The van der Waals surface area contributed by atoms with Crippen molar-refractivity contribution in [2.24, 2.45) is 0 Å². The van der Waals surface area contributed by atoms with Gasteiger partial charge in [-0.1, -0.05) is 0 Å². The van der Waals surface area contributed by atoms with Gasteiger partial charge in [-0.05, 0) is 51.3 Å². The lowest BCUT2D eigenvalue weighted by molar-refractivity contribution is 0.631. The molecule has 6 heteroatoms. The summed E-state index contributed by atoms with van der Waals surface area (Å²) >= 11 is 11.1. The Labute approximate surface area is 128 Å². The Morgan fingerprint density at radius 1 is 1.53 bits per heavy atom. The summed E-state index contributed by atoms with van der Waals surface area (Å²) < 4.78 is 3.03. The molecular weight excluding hydrogens is 346 g/mol. The van der Waals surface area contributed by atoms with E-state index in [2.05, 4.69) is 54.2 Å². The second kappa shape index (κ2) is 5.23. The zero-order chi connectivity index (χ0) is 13.4.